The van der Waals surface area contributed by atoms with Crippen LogP contribution in [0.2, 0.25) is 0 Å². The Hall–Kier alpha value is -4.38. The number of aromatic nitrogens is 4. The average Bonchev–Trinajstić information content (AvgIpc) is 3.38. The minimum absolute atomic E-state index is 0.0906. The van der Waals surface area contributed by atoms with Gasteiger partial charge in [0.15, 0.2) is 22.5 Å². The van der Waals surface area contributed by atoms with Crippen molar-refractivity contribution < 1.29 is 19.0 Å². The number of hydrogen-bond donors (Lipinski definition) is 1. The molecule has 0 saturated carbocycles. The summed E-state index contributed by atoms with van der Waals surface area (Å²) >= 11 is 1.25. The molecule has 0 spiro atoms. The molecule has 0 bridgehead atoms. The first-order valence-electron chi connectivity index (χ1n) is 11.2. The maximum Gasteiger partial charge on any atom is 0.250 e. The van der Waals surface area contributed by atoms with Crippen molar-refractivity contribution in [3.8, 4) is 34.3 Å². The third kappa shape index (κ3) is 5.89. The van der Waals surface area contributed by atoms with Crippen LogP contribution in [-0.4, -0.2) is 58.4 Å². The van der Waals surface area contributed by atoms with Crippen LogP contribution in [0.3, 0.4) is 0 Å². The summed E-state index contributed by atoms with van der Waals surface area (Å²) in [4.78, 5) is 16.5. The number of methoxy groups -OCH3 is 3. The summed E-state index contributed by atoms with van der Waals surface area (Å²) in [6.07, 6.45) is 3.35. The summed E-state index contributed by atoms with van der Waals surface area (Å²) in [7, 11) is 4.67. The smallest absolute Gasteiger partial charge is 0.250 e. The summed E-state index contributed by atoms with van der Waals surface area (Å²) in [5, 5.41) is 13.5. The van der Waals surface area contributed by atoms with Crippen LogP contribution in [0.1, 0.15) is 12.5 Å². The molecule has 1 N–H and O–H groups in total. The Morgan fingerprint density at radius 3 is 2.27 bits per heavy atom. The quantitative estimate of drug-likeness (QED) is 0.191. The lowest BCUT2D eigenvalue weighted by Gasteiger charge is -2.15. The van der Waals surface area contributed by atoms with Crippen LogP contribution in [0, 0.1) is 0 Å². The molecule has 0 atom stereocenters. The van der Waals surface area contributed by atoms with E-state index in [0.29, 0.717) is 39.5 Å². The van der Waals surface area contributed by atoms with Crippen molar-refractivity contribution in [2.75, 3.05) is 27.1 Å². The number of pyridine rings is 1. The molecule has 190 valence electrons. The van der Waals surface area contributed by atoms with Gasteiger partial charge in [0.25, 0.3) is 5.91 Å². The fourth-order valence-corrected chi connectivity index (χ4v) is 4.28. The maximum atomic E-state index is 12.6. The molecule has 2 aromatic heterocycles. The Bertz CT molecular complexity index is 1370. The Morgan fingerprint density at radius 2 is 1.65 bits per heavy atom. The molecule has 0 fully saturated rings. The zero-order valence-electron chi connectivity index (χ0n) is 20.8. The molecular weight excluding hydrogens is 492 g/mol. The highest BCUT2D eigenvalue weighted by Crippen LogP contribution is 2.41. The highest BCUT2D eigenvalue weighted by molar-refractivity contribution is 7.99. The molecule has 11 heteroatoms. The number of amides is 1. The third-order valence-electron chi connectivity index (χ3n) is 5.35. The molecule has 0 unspecified atom stereocenters. The molecule has 0 saturated heterocycles. The summed E-state index contributed by atoms with van der Waals surface area (Å²) in [5.74, 6) is 1.85. The number of carbonyl (C=O) groups is 1. The Balaban J connectivity index is 1.62. The molecule has 37 heavy (non-hydrogen) atoms. The third-order valence-corrected chi connectivity index (χ3v) is 6.28. The van der Waals surface area contributed by atoms with E-state index in [1.165, 1.54) is 11.8 Å². The van der Waals surface area contributed by atoms with Gasteiger partial charge in [-0.15, -0.1) is 10.2 Å². The van der Waals surface area contributed by atoms with E-state index in [9.17, 15) is 4.79 Å². The van der Waals surface area contributed by atoms with Gasteiger partial charge >= 0.3 is 0 Å². The predicted molar refractivity (Wildman–Crippen MR) is 142 cm³/mol. The number of hydrazone groups is 1. The second kappa shape index (κ2) is 12.0. The van der Waals surface area contributed by atoms with E-state index in [1.54, 1.807) is 33.7 Å². The monoisotopic (exact) mass is 518 g/mol. The predicted octanol–water partition coefficient (Wildman–Crippen LogP) is 3.99. The lowest BCUT2D eigenvalue weighted by Crippen LogP contribution is -2.21. The van der Waals surface area contributed by atoms with E-state index < -0.39 is 0 Å². The van der Waals surface area contributed by atoms with E-state index >= 15 is 0 Å². The summed E-state index contributed by atoms with van der Waals surface area (Å²) in [6, 6.07) is 16.9. The molecule has 2 aromatic carbocycles. The number of para-hydroxylation sites is 1. The first-order valence-corrected chi connectivity index (χ1v) is 12.2. The van der Waals surface area contributed by atoms with Crippen molar-refractivity contribution in [2.24, 2.45) is 5.10 Å². The number of hydrogen-bond acceptors (Lipinski definition) is 9. The largest absolute Gasteiger partial charge is 0.493 e. The Kier molecular flexibility index (Phi) is 8.37. The summed E-state index contributed by atoms with van der Waals surface area (Å²) in [5.41, 5.74) is 5.70. The van der Waals surface area contributed by atoms with Gasteiger partial charge in [-0.05, 0) is 43.3 Å². The molecule has 4 aromatic rings. The van der Waals surface area contributed by atoms with Crippen LogP contribution in [-0.2, 0) is 4.79 Å². The molecule has 0 aliphatic rings. The Labute approximate surface area is 218 Å². The molecule has 4 rings (SSSR count). The van der Waals surface area contributed by atoms with Crippen molar-refractivity contribution in [1.29, 1.82) is 0 Å². The molecule has 0 aliphatic heterocycles. The SMILES string of the molecule is COc1cc(-c2nnc(SCC(=O)N/N=C(/C)c3ccncc3)n2-c2ccccc2)cc(OC)c1OC. The number of thioether (sulfide) groups is 1. The van der Waals surface area contributed by atoms with Crippen LogP contribution >= 0.6 is 11.8 Å². The number of rotatable bonds is 10. The van der Waals surface area contributed by atoms with Crippen molar-refractivity contribution in [3.05, 3.63) is 72.6 Å². The van der Waals surface area contributed by atoms with E-state index in [-0.39, 0.29) is 11.7 Å². The minimum Gasteiger partial charge on any atom is -0.493 e. The van der Waals surface area contributed by atoms with Crippen LogP contribution in [0.5, 0.6) is 17.2 Å². The fraction of sp³-hybridized carbons (Fsp3) is 0.192. The Morgan fingerprint density at radius 1 is 0.973 bits per heavy atom. The summed E-state index contributed by atoms with van der Waals surface area (Å²) < 4.78 is 18.4. The van der Waals surface area contributed by atoms with Gasteiger partial charge < -0.3 is 14.2 Å². The molecule has 0 radical (unpaired) electrons. The van der Waals surface area contributed by atoms with Gasteiger partial charge in [0, 0.05) is 29.2 Å². The fourth-order valence-electron chi connectivity index (χ4n) is 3.54. The van der Waals surface area contributed by atoms with Crippen molar-refractivity contribution in [3.63, 3.8) is 0 Å². The number of nitrogens with zero attached hydrogens (tertiary/aromatic N) is 5. The van der Waals surface area contributed by atoms with E-state index in [0.717, 1.165) is 11.3 Å². The normalized spacial score (nSPS) is 11.2. The molecule has 10 nitrogen and oxygen atoms in total. The molecule has 1 amide bonds. The highest BCUT2D eigenvalue weighted by Gasteiger charge is 2.21. The second-order valence-electron chi connectivity index (χ2n) is 7.65. The average molecular weight is 519 g/mol. The van der Waals surface area contributed by atoms with Crippen LogP contribution in [0.15, 0.2) is 77.2 Å². The zero-order chi connectivity index (χ0) is 26.2. The second-order valence-corrected chi connectivity index (χ2v) is 8.59. The topological polar surface area (TPSA) is 113 Å². The minimum atomic E-state index is -0.268. The first-order chi connectivity index (χ1) is 18.0. The highest BCUT2D eigenvalue weighted by atomic mass is 32.2. The van der Waals surface area contributed by atoms with Gasteiger partial charge in [-0.1, -0.05) is 30.0 Å². The molecular formula is C26H26N6O4S. The van der Waals surface area contributed by atoms with Crippen LogP contribution in [0.4, 0.5) is 0 Å². The lowest BCUT2D eigenvalue weighted by atomic mass is 10.1. The number of nitrogens with one attached hydrogen (secondary N) is 1. The van der Waals surface area contributed by atoms with Gasteiger partial charge in [0.2, 0.25) is 5.75 Å². The van der Waals surface area contributed by atoms with Crippen LogP contribution < -0.4 is 19.6 Å². The van der Waals surface area contributed by atoms with Gasteiger partial charge in [-0.2, -0.15) is 5.10 Å². The van der Waals surface area contributed by atoms with Crippen molar-refractivity contribution in [2.45, 2.75) is 12.1 Å². The van der Waals surface area contributed by atoms with E-state index in [1.807, 2.05) is 66.1 Å². The maximum absolute atomic E-state index is 12.6. The number of carbonyl (C=O) groups excluding carboxylic acids is 1. The van der Waals surface area contributed by atoms with Gasteiger partial charge in [0.1, 0.15) is 0 Å². The van der Waals surface area contributed by atoms with Gasteiger partial charge in [0.05, 0.1) is 32.8 Å². The first kappa shape index (κ1) is 25.7. The molecule has 2 heterocycles. The van der Waals surface area contributed by atoms with Crippen molar-refractivity contribution >= 4 is 23.4 Å². The van der Waals surface area contributed by atoms with E-state index in [2.05, 4.69) is 25.7 Å². The van der Waals surface area contributed by atoms with Gasteiger partial charge in [-0.25, -0.2) is 5.43 Å². The number of benzene rings is 2. The van der Waals surface area contributed by atoms with Crippen molar-refractivity contribution in [1.82, 2.24) is 25.2 Å². The number of ether oxygens (including phenoxy) is 3. The zero-order valence-corrected chi connectivity index (χ0v) is 21.7. The lowest BCUT2D eigenvalue weighted by molar-refractivity contribution is -0.118. The molecule has 0 aliphatic carbocycles. The summed E-state index contributed by atoms with van der Waals surface area (Å²) in [6.45, 7) is 1.82. The van der Waals surface area contributed by atoms with Crippen LogP contribution in [0.25, 0.3) is 17.1 Å². The van der Waals surface area contributed by atoms with Gasteiger partial charge in [-0.3, -0.25) is 14.3 Å². The van der Waals surface area contributed by atoms with E-state index in [4.69, 9.17) is 14.2 Å². The standard InChI is InChI=1S/C26H26N6O4S/c1-17(18-10-12-27-13-11-18)28-29-23(33)16-37-26-31-30-25(32(26)20-8-6-5-7-9-20)19-14-21(34-2)24(36-4)22(15-19)35-3/h5-15H,16H2,1-4H3,(H,29,33)/b28-17-.